The molecule has 1 aromatic heterocycles. The van der Waals surface area contributed by atoms with E-state index in [1.807, 2.05) is 61.5 Å². The van der Waals surface area contributed by atoms with Crippen molar-refractivity contribution in [3.05, 3.63) is 11.8 Å². The molecule has 0 aliphatic heterocycles. The van der Waals surface area contributed by atoms with Gasteiger partial charge in [-0.3, -0.25) is 5.10 Å². The highest BCUT2D eigenvalue weighted by molar-refractivity contribution is 5.67. The van der Waals surface area contributed by atoms with Gasteiger partial charge in [-0.1, -0.05) is 41.5 Å². The lowest BCUT2D eigenvalue weighted by Gasteiger charge is -2.14. The maximum atomic E-state index is 11.5. The minimum atomic E-state index is -0.334. The lowest BCUT2D eigenvalue weighted by atomic mass is 10.0. The Bertz CT molecular complexity index is 419. The van der Waals surface area contributed by atoms with Crippen molar-refractivity contribution < 1.29 is 9.53 Å². The number of anilines is 1. The van der Waals surface area contributed by atoms with Gasteiger partial charge in [0.05, 0.1) is 0 Å². The third-order valence-corrected chi connectivity index (χ3v) is 3.12. The Hall–Kier alpha value is -1.72. The lowest BCUT2D eigenvalue weighted by molar-refractivity contribution is 0.0981. The van der Waals surface area contributed by atoms with E-state index < -0.39 is 0 Å². The topological polar surface area (TPSA) is 93.0 Å². The Morgan fingerprint density at radius 3 is 2.29 bits per heavy atom. The number of nitrogens with two attached hydrogens (primary N) is 1. The summed E-state index contributed by atoms with van der Waals surface area (Å²) in [6.45, 7) is 15.8. The summed E-state index contributed by atoms with van der Waals surface area (Å²) in [6, 6.07) is 1.95. The maximum absolute atomic E-state index is 11.5. The minimum Gasteiger partial charge on any atom is -0.446 e. The molecule has 1 aliphatic carbocycles. The van der Waals surface area contributed by atoms with Gasteiger partial charge in [-0.05, 0) is 33.1 Å². The summed E-state index contributed by atoms with van der Waals surface area (Å²) in [5.74, 6) is 0.860. The Balaban J connectivity index is 0. The molecule has 142 valence electrons. The molecular weight excluding hydrogens is 304 g/mol. The van der Waals surface area contributed by atoms with E-state index in [9.17, 15) is 4.79 Å². The molecule has 0 radical (unpaired) electrons. The fraction of sp³-hybridized carbons (Fsp3) is 0.778. The van der Waals surface area contributed by atoms with Crippen LogP contribution in [0.25, 0.3) is 0 Å². The zero-order chi connectivity index (χ0) is 19.1. The van der Waals surface area contributed by atoms with Gasteiger partial charge in [0, 0.05) is 23.7 Å². The Kier molecular flexibility index (Phi) is 15.2. The van der Waals surface area contributed by atoms with E-state index in [0.717, 1.165) is 25.0 Å². The van der Waals surface area contributed by atoms with E-state index in [0.29, 0.717) is 11.7 Å². The SMILES string of the molecule is CC.CC.CC.CC(C)NC(=O)OC1CCC(c2cc(N)n[nH]2)C1. The average Bonchev–Trinajstić information content (AvgIpc) is 3.21. The van der Waals surface area contributed by atoms with Crippen molar-refractivity contribution in [2.75, 3.05) is 5.73 Å². The molecule has 1 fully saturated rings. The Labute approximate surface area is 147 Å². The summed E-state index contributed by atoms with van der Waals surface area (Å²) >= 11 is 0. The molecule has 0 spiro atoms. The number of alkyl carbamates (subject to hydrolysis) is 1. The van der Waals surface area contributed by atoms with Crippen LogP contribution in [0.1, 0.15) is 86.3 Å². The van der Waals surface area contributed by atoms with Gasteiger partial charge in [0.15, 0.2) is 0 Å². The number of carbonyl (C=O) groups is 1. The minimum absolute atomic E-state index is 0.0155. The third-order valence-electron chi connectivity index (χ3n) is 3.12. The van der Waals surface area contributed by atoms with E-state index in [2.05, 4.69) is 15.5 Å². The first-order chi connectivity index (χ1) is 11.5. The van der Waals surface area contributed by atoms with E-state index >= 15 is 0 Å². The molecule has 0 bridgehead atoms. The normalized spacial score (nSPS) is 18.2. The number of hydrogen-bond donors (Lipinski definition) is 3. The van der Waals surface area contributed by atoms with Gasteiger partial charge in [0.25, 0.3) is 0 Å². The molecule has 1 aliphatic rings. The van der Waals surface area contributed by atoms with Crippen LogP contribution in [0.4, 0.5) is 10.6 Å². The number of amides is 1. The number of ether oxygens (including phenoxy) is 1. The predicted molar refractivity (Wildman–Crippen MR) is 102 cm³/mol. The molecule has 6 heteroatoms. The summed E-state index contributed by atoms with van der Waals surface area (Å²) in [4.78, 5) is 11.5. The number of nitrogen functional groups attached to an aromatic ring is 1. The molecule has 1 heterocycles. The number of carbonyl (C=O) groups excluding carboxylic acids is 1. The maximum Gasteiger partial charge on any atom is 0.407 e. The zero-order valence-electron chi connectivity index (χ0n) is 16.8. The second-order valence-corrected chi connectivity index (χ2v) is 5.08. The van der Waals surface area contributed by atoms with Crippen molar-refractivity contribution in [3.63, 3.8) is 0 Å². The van der Waals surface area contributed by atoms with Gasteiger partial charge in [-0.2, -0.15) is 5.10 Å². The van der Waals surface area contributed by atoms with E-state index in [1.165, 1.54) is 0 Å². The Morgan fingerprint density at radius 2 is 1.83 bits per heavy atom. The average molecular weight is 343 g/mol. The fourth-order valence-electron chi connectivity index (χ4n) is 2.31. The molecule has 0 aromatic carbocycles. The number of H-pyrrole nitrogens is 1. The van der Waals surface area contributed by atoms with Crippen molar-refractivity contribution in [3.8, 4) is 0 Å². The highest BCUT2D eigenvalue weighted by Gasteiger charge is 2.29. The van der Waals surface area contributed by atoms with E-state index in [-0.39, 0.29) is 18.2 Å². The smallest absolute Gasteiger partial charge is 0.407 e. The first-order valence-electron chi connectivity index (χ1n) is 9.32. The second kappa shape index (κ2) is 14.8. The number of aromatic nitrogens is 2. The largest absolute Gasteiger partial charge is 0.446 e. The summed E-state index contributed by atoms with van der Waals surface area (Å²) in [5, 5.41) is 9.57. The van der Waals surface area contributed by atoms with Crippen LogP contribution in [-0.2, 0) is 4.74 Å². The molecule has 2 rings (SSSR count). The van der Waals surface area contributed by atoms with Crippen LogP contribution < -0.4 is 11.1 Å². The monoisotopic (exact) mass is 342 g/mol. The molecule has 1 amide bonds. The van der Waals surface area contributed by atoms with Gasteiger partial charge in [0.2, 0.25) is 0 Å². The molecule has 0 saturated heterocycles. The van der Waals surface area contributed by atoms with Crippen molar-refractivity contribution in [2.24, 2.45) is 0 Å². The first kappa shape index (κ1) is 24.5. The molecule has 2 atom stereocenters. The van der Waals surface area contributed by atoms with Gasteiger partial charge in [-0.25, -0.2) is 4.79 Å². The lowest BCUT2D eigenvalue weighted by Crippen LogP contribution is -2.33. The molecule has 1 saturated carbocycles. The highest BCUT2D eigenvalue weighted by atomic mass is 16.6. The first-order valence-corrected chi connectivity index (χ1v) is 9.32. The summed E-state index contributed by atoms with van der Waals surface area (Å²) in [7, 11) is 0. The molecule has 24 heavy (non-hydrogen) atoms. The summed E-state index contributed by atoms with van der Waals surface area (Å²) < 4.78 is 5.37. The van der Waals surface area contributed by atoms with Crippen LogP contribution in [0.15, 0.2) is 6.07 Å². The quantitative estimate of drug-likeness (QED) is 0.732. The van der Waals surface area contributed by atoms with Crippen molar-refractivity contribution >= 4 is 11.9 Å². The van der Waals surface area contributed by atoms with E-state index in [1.54, 1.807) is 0 Å². The summed E-state index contributed by atoms with van der Waals surface area (Å²) in [6.07, 6.45) is 2.35. The van der Waals surface area contributed by atoms with Crippen LogP contribution in [0.3, 0.4) is 0 Å². The second-order valence-electron chi connectivity index (χ2n) is 5.08. The number of rotatable bonds is 3. The van der Waals surface area contributed by atoms with Gasteiger partial charge in [0.1, 0.15) is 11.9 Å². The van der Waals surface area contributed by atoms with Crippen LogP contribution in [-0.4, -0.2) is 28.4 Å². The molecular formula is C18H38N4O2. The van der Waals surface area contributed by atoms with Crippen LogP contribution in [0, 0.1) is 0 Å². The fourth-order valence-corrected chi connectivity index (χ4v) is 2.31. The van der Waals surface area contributed by atoms with Crippen LogP contribution in [0.5, 0.6) is 0 Å². The standard InChI is InChI=1S/C12H20N4O2.3C2H6/c1-7(2)14-12(17)18-9-4-3-8(5-9)10-6-11(13)16-15-10;3*1-2/h6-9H,3-5H2,1-2H3,(H,14,17)(H3,13,15,16);3*1-2H3. The van der Waals surface area contributed by atoms with Crippen molar-refractivity contribution in [1.82, 2.24) is 15.5 Å². The van der Waals surface area contributed by atoms with E-state index in [4.69, 9.17) is 10.5 Å². The van der Waals surface area contributed by atoms with Gasteiger partial charge in [-0.15, -0.1) is 0 Å². The van der Waals surface area contributed by atoms with Crippen molar-refractivity contribution in [1.29, 1.82) is 0 Å². The zero-order valence-corrected chi connectivity index (χ0v) is 16.8. The number of aromatic amines is 1. The number of nitrogens with zero attached hydrogens (tertiary/aromatic N) is 1. The van der Waals surface area contributed by atoms with Gasteiger partial charge >= 0.3 is 6.09 Å². The predicted octanol–water partition coefficient (Wildman–Crippen LogP) is 4.84. The van der Waals surface area contributed by atoms with Gasteiger partial charge < -0.3 is 15.8 Å². The van der Waals surface area contributed by atoms with Crippen LogP contribution in [0.2, 0.25) is 0 Å². The molecule has 1 aromatic rings. The highest BCUT2D eigenvalue weighted by Crippen LogP contribution is 2.35. The van der Waals surface area contributed by atoms with Crippen molar-refractivity contribution in [2.45, 2.75) is 92.7 Å². The summed E-state index contributed by atoms with van der Waals surface area (Å²) in [5.41, 5.74) is 6.61. The third kappa shape index (κ3) is 9.43. The molecule has 6 nitrogen and oxygen atoms in total. The molecule has 4 N–H and O–H groups in total. The number of nitrogens with one attached hydrogen (secondary N) is 2. The Morgan fingerprint density at radius 1 is 1.25 bits per heavy atom. The van der Waals surface area contributed by atoms with Crippen LogP contribution >= 0.6 is 0 Å². The molecule has 2 unspecified atom stereocenters. The number of hydrogen-bond acceptors (Lipinski definition) is 4.